The molecule has 1 N–H and O–H groups in total. The Labute approximate surface area is 184 Å². The molecule has 2 atom stereocenters. The predicted octanol–water partition coefficient (Wildman–Crippen LogP) is 5.10. The number of fused-ring (bicyclic) bond motifs is 1. The largest absolute Gasteiger partial charge is 0.363 e. The molecule has 2 aromatic carbocycles. The molecule has 1 saturated heterocycles. The number of anilines is 1. The number of benzene rings is 2. The number of hydrogen-bond donors (Lipinski definition) is 1. The highest BCUT2D eigenvalue weighted by atomic mass is 16.2. The molecule has 3 aromatic rings. The first-order valence-electron chi connectivity index (χ1n) is 11.4. The Morgan fingerprint density at radius 1 is 1.03 bits per heavy atom. The van der Waals surface area contributed by atoms with Gasteiger partial charge in [0.1, 0.15) is 11.4 Å². The van der Waals surface area contributed by atoms with Crippen molar-refractivity contribution in [2.75, 3.05) is 18.4 Å². The summed E-state index contributed by atoms with van der Waals surface area (Å²) in [5.41, 5.74) is 3.35. The van der Waals surface area contributed by atoms with E-state index < -0.39 is 0 Å². The SMILES string of the molecule is CC1CC(c2ccccc2)Nc2c(C(=O)N3CCC(Cc4ccccc4)CC3)cnn21. The number of amides is 1. The van der Waals surface area contributed by atoms with E-state index in [1.54, 1.807) is 6.20 Å². The lowest BCUT2D eigenvalue weighted by Gasteiger charge is -2.34. The van der Waals surface area contributed by atoms with Gasteiger partial charge >= 0.3 is 0 Å². The zero-order valence-electron chi connectivity index (χ0n) is 18.1. The van der Waals surface area contributed by atoms with Gasteiger partial charge in [-0.05, 0) is 49.7 Å². The van der Waals surface area contributed by atoms with Crippen molar-refractivity contribution in [3.05, 3.63) is 83.6 Å². The number of carbonyl (C=O) groups excluding carboxylic acids is 1. The zero-order valence-corrected chi connectivity index (χ0v) is 18.1. The number of nitrogens with one attached hydrogen (secondary N) is 1. The second kappa shape index (κ2) is 8.58. The molecule has 5 nitrogen and oxygen atoms in total. The lowest BCUT2D eigenvalue weighted by molar-refractivity contribution is 0.0691. The second-order valence-electron chi connectivity index (χ2n) is 8.97. The van der Waals surface area contributed by atoms with Gasteiger partial charge in [-0.25, -0.2) is 4.68 Å². The summed E-state index contributed by atoms with van der Waals surface area (Å²) in [6.45, 7) is 3.81. The van der Waals surface area contributed by atoms with Gasteiger partial charge in [0.05, 0.1) is 18.3 Å². The van der Waals surface area contributed by atoms with Crippen LogP contribution in [0.1, 0.15) is 59.8 Å². The molecular formula is C26H30N4O. The van der Waals surface area contributed by atoms with Crippen molar-refractivity contribution in [1.29, 1.82) is 0 Å². The third-order valence-corrected chi connectivity index (χ3v) is 6.80. The van der Waals surface area contributed by atoms with Crippen LogP contribution in [0.5, 0.6) is 0 Å². The summed E-state index contributed by atoms with van der Waals surface area (Å²) in [4.78, 5) is 15.4. The maximum atomic E-state index is 13.4. The van der Waals surface area contributed by atoms with Crippen LogP contribution in [0.15, 0.2) is 66.9 Å². The quantitative estimate of drug-likeness (QED) is 0.646. The molecule has 2 aliphatic heterocycles. The molecule has 0 aliphatic carbocycles. The van der Waals surface area contributed by atoms with Gasteiger partial charge < -0.3 is 10.2 Å². The molecule has 1 aromatic heterocycles. The molecule has 5 heteroatoms. The fraction of sp³-hybridized carbons (Fsp3) is 0.385. The highest BCUT2D eigenvalue weighted by Crippen LogP contribution is 2.37. The molecule has 1 amide bonds. The molecule has 160 valence electrons. The van der Waals surface area contributed by atoms with Crippen molar-refractivity contribution >= 4 is 11.7 Å². The zero-order chi connectivity index (χ0) is 21.2. The van der Waals surface area contributed by atoms with Gasteiger partial charge in [-0.1, -0.05) is 60.7 Å². The molecule has 0 saturated carbocycles. The number of hydrogen-bond acceptors (Lipinski definition) is 3. The van der Waals surface area contributed by atoms with Crippen molar-refractivity contribution in [2.45, 2.75) is 44.7 Å². The molecular weight excluding hydrogens is 384 g/mol. The van der Waals surface area contributed by atoms with E-state index in [9.17, 15) is 4.79 Å². The molecule has 3 heterocycles. The third-order valence-electron chi connectivity index (χ3n) is 6.80. The summed E-state index contributed by atoms with van der Waals surface area (Å²) in [5.74, 6) is 1.62. The first-order chi connectivity index (χ1) is 15.2. The van der Waals surface area contributed by atoms with Gasteiger partial charge in [0.15, 0.2) is 0 Å². The maximum Gasteiger partial charge on any atom is 0.259 e. The van der Waals surface area contributed by atoms with Gasteiger partial charge in [-0.2, -0.15) is 5.10 Å². The van der Waals surface area contributed by atoms with Gasteiger partial charge in [-0.15, -0.1) is 0 Å². The molecule has 0 bridgehead atoms. The average Bonchev–Trinajstić information content (AvgIpc) is 3.25. The Hall–Kier alpha value is -3.08. The van der Waals surface area contributed by atoms with E-state index in [1.165, 1.54) is 11.1 Å². The minimum atomic E-state index is 0.104. The fourth-order valence-corrected chi connectivity index (χ4v) is 5.02. The van der Waals surface area contributed by atoms with Crippen LogP contribution in [0.2, 0.25) is 0 Å². The number of piperidine rings is 1. The van der Waals surface area contributed by atoms with Gasteiger partial charge in [0.2, 0.25) is 0 Å². The van der Waals surface area contributed by atoms with Crippen LogP contribution in [0.3, 0.4) is 0 Å². The van der Waals surface area contributed by atoms with Gasteiger partial charge in [0, 0.05) is 13.1 Å². The number of nitrogens with zero attached hydrogens (tertiary/aromatic N) is 3. The summed E-state index contributed by atoms with van der Waals surface area (Å²) >= 11 is 0. The van der Waals surface area contributed by atoms with Crippen molar-refractivity contribution in [3.8, 4) is 0 Å². The monoisotopic (exact) mass is 414 g/mol. The Balaban J connectivity index is 1.27. The van der Waals surface area contributed by atoms with Gasteiger partial charge in [0.25, 0.3) is 5.91 Å². The molecule has 2 unspecified atom stereocenters. The van der Waals surface area contributed by atoms with E-state index in [-0.39, 0.29) is 18.0 Å². The van der Waals surface area contributed by atoms with Gasteiger partial charge in [-0.3, -0.25) is 4.79 Å². The molecule has 0 spiro atoms. The average molecular weight is 415 g/mol. The summed E-state index contributed by atoms with van der Waals surface area (Å²) in [7, 11) is 0. The van der Waals surface area contributed by atoms with E-state index in [2.05, 4.69) is 71.9 Å². The standard InChI is InChI=1S/C26H30N4O/c1-19-16-24(22-10-6-3-7-11-22)28-25-23(18-27-30(19)25)26(31)29-14-12-21(13-15-29)17-20-8-4-2-5-9-20/h2-11,18-19,21,24,28H,12-17H2,1H3. The lowest BCUT2D eigenvalue weighted by atomic mass is 9.90. The summed E-state index contributed by atoms with van der Waals surface area (Å²) < 4.78 is 1.98. The first-order valence-corrected chi connectivity index (χ1v) is 11.4. The minimum Gasteiger partial charge on any atom is -0.363 e. The molecule has 31 heavy (non-hydrogen) atoms. The van der Waals surface area contributed by atoms with E-state index in [0.29, 0.717) is 11.5 Å². The Bertz CT molecular complexity index is 1020. The Kier molecular flexibility index (Phi) is 5.49. The van der Waals surface area contributed by atoms with Crippen LogP contribution in [0.25, 0.3) is 0 Å². The lowest BCUT2D eigenvalue weighted by Crippen LogP contribution is -2.39. The number of carbonyl (C=O) groups is 1. The molecule has 1 fully saturated rings. The fourth-order valence-electron chi connectivity index (χ4n) is 5.02. The van der Waals surface area contributed by atoms with Crippen LogP contribution in [-0.2, 0) is 6.42 Å². The van der Waals surface area contributed by atoms with E-state index >= 15 is 0 Å². The van der Waals surface area contributed by atoms with Crippen LogP contribution in [0.4, 0.5) is 5.82 Å². The summed E-state index contributed by atoms with van der Waals surface area (Å²) in [5, 5.41) is 8.17. The van der Waals surface area contributed by atoms with Crippen LogP contribution < -0.4 is 5.32 Å². The third kappa shape index (κ3) is 4.09. The highest BCUT2D eigenvalue weighted by Gasteiger charge is 2.32. The number of rotatable bonds is 4. The Morgan fingerprint density at radius 3 is 2.42 bits per heavy atom. The maximum absolute atomic E-state index is 13.4. The molecule has 2 aliphatic rings. The minimum absolute atomic E-state index is 0.104. The van der Waals surface area contributed by atoms with E-state index in [4.69, 9.17) is 0 Å². The van der Waals surface area contributed by atoms with Crippen molar-refractivity contribution in [1.82, 2.24) is 14.7 Å². The topological polar surface area (TPSA) is 50.2 Å². The molecule has 0 radical (unpaired) electrons. The van der Waals surface area contributed by atoms with E-state index in [0.717, 1.165) is 44.6 Å². The van der Waals surface area contributed by atoms with Crippen molar-refractivity contribution < 1.29 is 4.79 Å². The first kappa shape index (κ1) is 19.9. The highest BCUT2D eigenvalue weighted by molar-refractivity contribution is 5.99. The van der Waals surface area contributed by atoms with Crippen LogP contribution >= 0.6 is 0 Å². The smallest absolute Gasteiger partial charge is 0.259 e. The molecule has 5 rings (SSSR count). The van der Waals surface area contributed by atoms with E-state index in [1.807, 2.05) is 15.6 Å². The van der Waals surface area contributed by atoms with Crippen LogP contribution in [0, 0.1) is 5.92 Å². The summed E-state index contributed by atoms with van der Waals surface area (Å²) in [6, 6.07) is 21.6. The predicted molar refractivity (Wildman–Crippen MR) is 123 cm³/mol. The summed E-state index contributed by atoms with van der Waals surface area (Å²) in [6.07, 6.45) is 5.92. The Morgan fingerprint density at radius 2 is 1.71 bits per heavy atom. The van der Waals surface area contributed by atoms with Crippen LogP contribution in [-0.4, -0.2) is 33.7 Å². The number of aromatic nitrogens is 2. The van der Waals surface area contributed by atoms with Crippen molar-refractivity contribution in [3.63, 3.8) is 0 Å². The second-order valence-corrected chi connectivity index (χ2v) is 8.97. The number of likely N-dealkylation sites (tertiary alicyclic amines) is 1. The van der Waals surface area contributed by atoms with Crippen molar-refractivity contribution in [2.24, 2.45) is 5.92 Å². The normalized spacial score (nSPS) is 21.4.